The fourth-order valence-electron chi connectivity index (χ4n) is 2.03. The summed E-state index contributed by atoms with van der Waals surface area (Å²) in [7, 11) is 2.88. The second-order valence-electron chi connectivity index (χ2n) is 4.48. The van der Waals surface area contributed by atoms with E-state index >= 15 is 0 Å². The van der Waals surface area contributed by atoms with Gasteiger partial charge in [0.25, 0.3) is 5.91 Å². The summed E-state index contributed by atoms with van der Waals surface area (Å²) in [6.45, 7) is 1.73. The van der Waals surface area contributed by atoms with Crippen LogP contribution in [0, 0.1) is 6.92 Å². The molecule has 0 aliphatic carbocycles. The Balaban J connectivity index is 2.50. The van der Waals surface area contributed by atoms with Crippen LogP contribution in [0.4, 0.5) is 11.6 Å². The molecule has 0 radical (unpaired) electrons. The lowest BCUT2D eigenvalue weighted by Crippen LogP contribution is -2.14. The Hall–Kier alpha value is -2.25. The third kappa shape index (κ3) is 3.40. The van der Waals surface area contributed by atoms with Gasteiger partial charge in [-0.15, -0.1) is 0 Å². The summed E-state index contributed by atoms with van der Waals surface area (Å²) in [6.07, 6.45) is 1.40. The predicted octanol–water partition coefficient (Wildman–Crippen LogP) is 2.95. The van der Waals surface area contributed by atoms with E-state index in [1.807, 2.05) is 0 Å². The molecular weight excluding hydrogens is 343 g/mol. The molecule has 0 unspecified atom stereocenters. The van der Waals surface area contributed by atoms with Gasteiger partial charge in [-0.25, -0.2) is 4.98 Å². The fourth-order valence-corrected chi connectivity index (χ4v) is 2.49. The largest absolute Gasteiger partial charge is 0.496 e. The third-order valence-corrected chi connectivity index (χ3v) is 3.64. The molecule has 9 heteroatoms. The molecule has 0 aliphatic rings. The Kier molecular flexibility index (Phi) is 5.12. The highest BCUT2D eigenvalue weighted by atomic mass is 35.5. The molecule has 0 saturated carbocycles. The van der Waals surface area contributed by atoms with Gasteiger partial charge in [0.1, 0.15) is 10.8 Å². The van der Waals surface area contributed by atoms with E-state index in [0.29, 0.717) is 17.0 Å². The van der Waals surface area contributed by atoms with Crippen molar-refractivity contribution in [3.05, 3.63) is 33.4 Å². The summed E-state index contributed by atoms with van der Waals surface area (Å²) in [6, 6.07) is 1.42. The number of aromatic nitrogens is 2. The molecule has 7 nitrogen and oxygen atoms in total. The van der Waals surface area contributed by atoms with Crippen molar-refractivity contribution in [2.45, 2.75) is 6.92 Å². The van der Waals surface area contributed by atoms with Crippen molar-refractivity contribution in [1.82, 2.24) is 9.97 Å². The number of benzene rings is 1. The summed E-state index contributed by atoms with van der Waals surface area (Å²) >= 11 is 12.1. The molecule has 1 aromatic carbocycles. The zero-order valence-corrected chi connectivity index (χ0v) is 14.1. The molecule has 1 heterocycles. The highest BCUT2D eigenvalue weighted by Gasteiger charge is 2.19. The number of amides is 1. The highest BCUT2D eigenvalue weighted by molar-refractivity contribution is 6.34. The van der Waals surface area contributed by atoms with Gasteiger partial charge in [0.2, 0.25) is 11.8 Å². The van der Waals surface area contributed by atoms with Crippen LogP contribution in [-0.2, 0) is 0 Å². The van der Waals surface area contributed by atoms with Crippen molar-refractivity contribution in [1.29, 1.82) is 0 Å². The van der Waals surface area contributed by atoms with Gasteiger partial charge in [0.15, 0.2) is 0 Å². The number of nitrogens with two attached hydrogens (primary N) is 1. The number of anilines is 2. The van der Waals surface area contributed by atoms with Crippen LogP contribution >= 0.6 is 23.2 Å². The average Bonchev–Trinajstić information content (AvgIpc) is 2.52. The maximum absolute atomic E-state index is 11.5. The van der Waals surface area contributed by atoms with Gasteiger partial charge in [0.05, 0.1) is 36.7 Å². The monoisotopic (exact) mass is 356 g/mol. The zero-order valence-electron chi connectivity index (χ0n) is 12.6. The lowest BCUT2D eigenvalue weighted by molar-refractivity contribution is 0.0997. The van der Waals surface area contributed by atoms with E-state index < -0.39 is 5.91 Å². The molecule has 0 atom stereocenters. The van der Waals surface area contributed by atoms with E-state index in [-0.39, 0.29) is 27.4 Å². The molecule has 3 N–H and O–H groups in total. The molecular formula is C14H14Cl2N4O3. The number of carbonyl (C=O) groups is 1. The van der Waals surface area contributed by atoms with Crippen LogP contribution in [0.25, 0.3) is 0 Å². The SMILES string of the molecule is COc1nc(Nc2c(Cl)cc(C(N)=O)c(OC)c2C)ncc1Cl. The molecule has 2 aromatic rings. The Morgan fingerprint density at radius 1 is 1.26 bits per heavy atom. The predicted molar refractivity (Wildman–Crippen MR) is 88.1 cm³/mol. The van der Waals surface area contributed by atoms with E-state index in [1.54, 1.807) is 6.92 Å². The minimum absolute atomic E-state index is 0.190. The van der Waals surface area contributed by atoms with Gasteiger partial charge < -0.3 is 20.5 Å². The number of methoxy groups -OCH3 is 2. The molecule has 2 rings (SSSR count). The van der Waals surface area contributed by atoms with Crippen molar-refractivity contribution in [2.75, 3.05) is 19.5 Å². The maximum Gasteiger partial charge on any atom is 0.252 e. The standard InChI is InChI=1S/C14H14Cl2N4O3/c1-6-10(8(15)4-7(12(17)21)11(6)22-2)19-14-18-5-9(16)13(20-14)23-3/h4-5H,1-3H3,(H2,17,21)(H,18,19,20). The first-order valence-electron chi connectivity index (χ1n) is 6.39. The number of nitrogens with zero attached hydrogens (tertiary/aromatic N) is 2. The van der Waals surface area contributed by atoms with E-state index in [2.05, 4.69) is 15.3 Å². The summed E-state index contributed by atoms with van der Waals surface area (Å²) in [4.78, 5) is 19.6. The van der Waals surface area contributed by atoms with E-state index in [9.17, 15) is 4.79 Å². The minimum atomic E-state index is -0.636. The molecule has 1 aromatic heterocycles. The van der Waals surface area contributed by atoms with Crippen LogP contribution in [0.5, 0.6) is 11.6 Å². The average molecular weight is 357 g/mol. The number of halogens is 2. The van der Waals surface area contributed by atoms with Crippen LogP contribution in [-0.4, -0.2) is 30.1 Å². The first kappa shape index (κ1) is 17.1. The number of hydrogen-bond donors (Lipinski definition) is 2. The summed E-state index contributed by atoms with van der Waals surface area (Å²) in [5.74, 6) is 0.136. The number of primary amides is 1. The minimum Gasteiger partial charge on any atom is -0.496 e. The van der Waals surface area contributed by atoms with Crippen LogP contribution in [0.1, 0.15) is 15.9 Å². The van der Waals surface area contributed by atoms with Crippen LogP contribution < -0.4 is 20.5 Å². The second-order valence-corrected chi connectivity index (χ2v) is 5.29. The van der Waals surface area contributed by atoms with Gasteiger partial charge in [0, 0.05) is 5.56 Å². The summed E-state index contributed by atoms with van der Waals surface area (Å²) in [5.41, 5.74) is 6.59. The van der Waals surface area contributed by atoms with Crippen molar-refractivity contribution in [2.24, 2.45) is 5.73 Å². The van der Waals surface area contributed by atoms with E-state index in [0.717, 1.165) is 0 Å². The molecule has 0 saturated heterocycles. The number of hydrogen-bond acceptors (Lipinski definition) is 6. The van der Waals surface area contributed by atoms with Crippen LogP contribution in [0.3, 0.4) is 0 Å². The molecule has 0 spiro atoms. The first-order chi connectivity index (χ1) is 10.9. The Morgan fingerprint density at radius 2 is 1.96 bits per heavy atom. The molecule has 0 bridgehead atoms. The molecule has 122 valence electrons. The van der Waals surface area contributed by atoms with Crippen molar-refractivity contribution < 1.29 is 14.3 Å². The Labute approximate surface area is 142 Å². The molecule has 0 fully saturated rings. The lowest BCUT2D eigenvalue weighted by atomic mass is 10.1. The highest BCUT2D eigenvalue weighted by Crippen LogP contribution is 2.37. The number of rotatable bonds is 5. The Bertz CT molecular complexity index is 768. The number of nitrogens with one attached hydrogen (secondary N) is 1. The maximum atomic E-state index is 11.5. The normalized spacial score (nSPS) is 10.3. The first-order valence-corrected chi connectivity index (χ1v) is 7.15. The molecule has 0 aliphatic heterocycles. The quantitative estimate of drug-likeness (QED) is 0.854. The molecule has 23 heavy (non-hydrogen) atoms. The number of carbonyl (C=O) groups excluding carboxylic acids is 1. The van der Waals surface area contributed by atoms with Gasteiger partial charge in [-0.05, 0) is 13.0 Å². The van der Waals surface area contributed by atoms with Gasteiger partial charge in [-0.2, -0.15) is 4.98 Å². The summed E-state index contributed by atoms with van der Waals surface area (Å²) < 4.78 is 10.3. The topological polar surface area (TPSA) is 99.4 Å². The fraction of sp³-hybridized carbons (Fsp3) is 0.214. The van der Waals surface area contributed by atoms with Crippen molar-refractivity contribution in [3.8, 4) is 11.6 Å². The summed E-state index contributed by atoms with van der Waals surface area (Å²) in [5, 5.41) is 3.51. The van der Waals surface area contributed by atoms with Crippen LogP contribution in [0.2, 0.25) is 10.0 Å². The molecule has 1 amide bonds. The van der Waals surface area contributed by atoms with Crippen molar-refractivity contribution in [3.63, 3.8) is 0 Å². The Morgan fingerprint density at radius 3 is 2.52 bits per heavy atom. The smallest absolute Gasteiger partial charge is 0.252 e. The lowest BCUT2D eigenvalue weighted by Gasteiger charge is -2.16. The third-order valence-electron chi connectivity index (χ3n) is 3.08. The van der Waals surface area contributed by atoms with Gasteiger partial charge >= 0.3 is 0 Å². The van der Waals surface area contributed by atoms with E-state index in [1.165, 1.54) is 26.5 Å². The van der Waals surface area contributed by atoms with Crippen LogP contribution in [0.15, 0.2) is 12.3 Å². The number of ether oxygens (including phenoxy) is 2. The second kappa shape index (κ2) is 6.89. The van der Waals surface area contributed by atoms with Gasteiger partial charge in [-0.3, -0.25) is 4.79 Å². The van der Waals surface area contributed by atoms with E-state index in [4.69, 9.17) is 38.4 Å². The van der Waals surface area contributed by atoms with Gasteiger partial charge in [-0.1, -0.05) is 23.2 Å². The zero-order chi connectivity index (χ0) is 17.1. The van der Waals surface area contributed by atoms with Crippen molar-refractivity contribution >= 4 is 40.7 Å².